The summed E-state index contributed by atoms with van der Waals surface area (Å²) in [7, 11) is 4.59. The lowest BCUT2D eigenvalue weighted by Gasteiger charge is -2.12. The quantitative estimate of drug-likeness (QED) is 0.279. The van der Waals surface area contributed by atoms with Crippen LogP contribution in [0.25, 0.3) is 6.08 Å². The molecule has 4 rings (SSSR count). The number of carbonyl (C=O) groups excluding carboxylic acids is 1. The Balaban J connectivity index is 1.63. The molecule has 0 atom stereocenters. The van der Waals surface area contributed by atoms with Gasteiger partial charge in [0.05, 0.1) is 45.3 Å². The highest BCUT2D eigenvalue weighted by molar-refractivity contribution is 8.18. The van der Waals surface area contributed by atoms with Gasteiger partial charge in [-0.15, -0.1) is 5.10 Å². The van der Waals surface area contributed by atoms with Gasteiger partial charge in [-0.3, -0.25) is 9.69 Å². The van der Waals surface area contributed by atoms with Crippen LogP contribution < -0.4 is 14.2 Å². The molecule has 0 radical (unpaired) electrons. The average molecular weight is 494 g/mol. The van der Waals surface area contributed by atoms with E-state index in [0.29, 0.717) is 38.6 Å². The second kappa shape index (κ2) is 10.8. The van der Waals surface area contributed by atoms with Crippen LogP contribution in [-0.4, -0.2) is 48.6 Å². The van der Waals surface area contributed by atoms with Crippen molar-refractivity contribution in [2.75, 3.05) is 21.3 Å². The summed E-state index contributed by atoms with van der Waals surface area (Å²) in [6, 6.07) is 13.8. The van der Waals surface area contributed by atoms with E-state index in [2.05, 4.69) is 10.2 Å². The van der Waals surface area contributed by atoms with Gasteiger partial charge < -0.3 is 23.7 Å². The Labute approximate surface area is 206 Å². The molecule has 1 amide bonds. The Morgan fingerprint density at radius 3 is 2.46 bits per heavy atom. The maximum Gasteiger partial charge on any atom is 0.267 e. The van der Waals surface area contributed by atoms with Crippen LogP contribution in [0.5, 0.6) is 23.0 Å². The van der Waals surface area contributed by atoms with Crippen LogP contribution in [0.3, 0.4) is 0 Å². The van der Waals surface area contributed by atoms with Gasteiger partial charge in [-0.25, -0.2) is 0 Å². The van der Waals surface area contributed by atoms with Crippen molar-refractivity contribution >= 4 is 35.1 Å². The summed E-state index contributed by atoms with van der Waals surface area (Å²) in [5.74, 6) is 1.91. The van der Waals surface area contributed by atoms with E-state index < -0.39 is 0 Å². The van der Waals surface area contributed by atoms with Gasteiger partial charge >= 0.3 is 0 Å². The van der Waals surface area contributed by atoms with E-state index in [4.69, 9.17) is 18.6 Å². The third-order valence-electron chi connectivity index (χ3n) is 5.04. The third-order valence-corrected chi connectivity index (χ3v) is 6.04. The maximum atomic E-state index is 13.2. The number of amidine groups is 1. The molecular weight excluding hydrogens is 470 g/mol. The van der Waals surface area contributed by atoms with Crippen molar-refractivity contribution in [3.8, 4) is 23.0 Å². The minimum atomic E-state index is -0.221. The minimum Gasteiger partial charge on any atom is -0.504 e. The molecule has 0 aliphatic carbocycles. The number of amides is 1. The second-order valence-corrected chi connectivity index (χ2v) is 8.26. The van der Waals surface area contributed by atoms with Crippen molar-refractivity contribution in [2.24, 2.45) is 10.2 Å². The zero-order valence-electron chi connectivity index (χ0n) is 19.3. The third kappa shape index (κ3) is 5.49. The van der Waals surface area contributed by atoms with Gasteiger partial charge in [0.1, 0.15) is 5.76 Å². The van der Waals surface area contributed by atoms with E-state index in [1.54, 1.807) is 63.0 Å². The number of rotatable bonds is 8. The number of hydrogen-bond donors (Lipinski definition) is 1. The Kier molecular flexibility index (Phi) is 7.41. The fraction of sp³-hybridized carbons (Fsp3) is 0.160. The van der Waals surface area contributed by atoms with E-state index >= 15 is 0 Å². The smallest absolute Gasteiger partial charge is 0.267 e. The summed E-state index contributed by atoms with van der Waals surface area (Å²) in [5.41, 5.74) is 1.45. The van der Waals surface area contributed by atoms with Gasteiger partial charge in [-0.05, 0) is 71.4 Å². The van der Waals surface area contributed by atoms with Gasteiger partial charge in [-0.2, -0.15) is 5.10 Å². The molecule has 10 heteroatoms. The topological polar surface area (TPSA) is 106 Å². The monoisotopic (exact) mass is 493 g/mol. The zero-order chi connectivity index (χ0) is 24.8. The van der Waals surface area contributed by atoms with E-state index in [1.165, 1.54) is 36.1 Å². The highest BCUT2D eigenvalue weighted by Gasteiger charge is 2.34. The van der Waals surface area contributed by atoms with Crippen molar-refractivity contribution in [1.82, 2.24) is 4.90 Å². The van der Waals surface area contributed by atoms with Crippen molar-refractivity contribution in [1.29, 1.82) is 0 Å². The molecule has 0 unspecified atom stereocenters. The summed E-state index contributed by atoms with van der Waals surface area (Å²) < 4.78 is 21.2. The van der Waals surface area contributed by atoms with Gasteiger partial charge in [0.25, 0.3) is 5.91 Å². The molecule has 1 aliphatic rings. The van der Waals surface area contributed by atoms with Gasteiger partial charge in [0, 0.05) is 0 Å². The summed E-state index contributed by atoms with van der Waals surface area (Å²) in [6.07, 6.45) is 4.83. The molecule has 1 aliphatic heterocycles. The molecule has 2 aromatic carbocycles. The first-order valence-electron chi connectivity index (χ1n) is 10.5. The average Bonchev–Trinajstić information content (AvgIpc) is 3.49. The SMILES string of the molecule is COc1cc(/C=N/N=C2\S/C(=C\c3ccc(OC)c(OC)c3)C(=O)N2Cc2ccco2)ccc1O. The number of ether oxygens (including phenoxy) is 3. The molecule has 35 heavy (non-hydrogen) atoms. The van der Waals surface area contributed by atoms with Crippen LogP contribution in [0.1, 0.15) is 16.9 Å². The molecule has 0 spiro atoms. The first-order valence-corrected chi connectivity index (χ1v) is 11.3. The lowest BCUT2D eigenvalue weighted by atomic mass is 10.2. The van der Waals surface area contributed by atoms with Crippen molar-refractivity contribution in [3.05, 3.63) is 76.6 Å². The number of thioether (sulfide) groups is 1. The lowest BCUT2D eigenvalue weighted by molar-refractivity contribution is -0.122. The number of carbonyl (C=O) groups is 1. The Bertz CT molecular complexity index is 1300. The number of furan rings is 1. The summed E-state index contributed by atoms with van der Waals surface area (Å²) in [4.78, 5) is 15.2. The van der Waals surface area contributed by atoms with Crippen molar-refractivity contribution in [3.63, 3.8) is 0 Å². The van der Waals surface area contributed by atoms with Crippen LogP contribution >= 0.6 is 11.8 Å². The van der Waals surface area contributed by atoms with Crippen molar-refractivity contribution in [2.45, 2.75) is 6.54 Å². The Hall–Kier alpha value is -4.18. The van der Waals surface area contributed by atoms with E-state index in [0.717, 1.165) is 5.56 Å². The summed E-state index contributed by atoms with van der Waals surface area (Å²) >= 11 is 1.21. The predicted octanol–water partition coefficient (Wildman–Crippen LogP) is 4.52. The fourth-order valence-electron chi connectivity index (χ4n) is 3.29. The molecule has 0 saturated carbocycles. The Morgan fingerprint density at radius 1 is 1.00 bits per heavy atom. The molecule has 180 valence electrons. The number of methoxy groups -OCH3 is 3. The van der Waals surface area contributed by atoms with Gasteiger partial charge in [0.15, 0.2) is 28.2 Å². The van der Waals surface area contributed by atoms with Crippen LogP contribution in [-0.2, 0) is 11.3 Å². The molecule has 1 fully saturated rings. The number of phenolic OH excluding ortho intramolecular Hbond substituents is 1. The molecule has 1 saturated heterocycles. The molecule has 0 bridgehead atoms. The molecule has 1 aromatic heterocycles. The lowest BCUT2D eigenvalue weighted by Crippen LogP contribution is -2.28. The molecular formula is C25H23N3O6S. The number of phenols is 1. The number of hydrogen-bond acceptors (Lipinski definition) is 9. The van der Waals surface area contributed by atoms with E-state index in [9.17, 15) is 9.90 Å². The molecule has 3 aromatic rings. The minimum absolute atomic E-state index is 0.0301. The van der Waals surface area contributed by atoms with E-state index in [1.807, 2.05) is 6.07 Å². The molecule has 9 nitrogen and oxygen atoms in total. The second-order valence-electron chi connectivity index (χ2n) is 7.25. The van der Waals surface area contributed by atoms with Gasteiger partial charge in [0.2, 0.25) is 0 Å². The fourth-order valence-corrected chi connectivity index (χ4v) is 4.23. The molecule has 1 N–H and O–H groups in total. The zero-order valence-corrected chi connectivity index (χ0v) is 20.1. The number of aromatic hydroxyl groups is 1. The standard InChI is InChI=1S/C25H23N3O6S/c1-31-20-9-7-16(11-22(20)33-3)13-23-24(30)28(15-18-5-4-10-34-18)25(35-23)27-26-14-17-6-8-19(29)21(12-17)32-2/h4-14,29H,15H2,1-3H3/b23-13-,26-14+,27-25-. The van der Waals surface area contributed by atoms with Crippen LogP contribution in [0.4, 0.5) is 0 Å². The number of nitrogens with zero attached hydrogens (tertiary/aromatic N) is 3. The first-order chi connectivity index (χ1) is 17.0. The maximum absolute atomic E-state index is 13.2. The first kappa shape index (κ1) is 24.0. The molecule has 2 heterocycles. The predicted molar refractivity (Wildman–Crippen MR) is 134 cm³/mol. The van der Waals surface area contributed by atoms with Crippen LogP contribution in [0.15, 0.2) is 74.3 Å². The van der Waals surface area contributed by atoms with Gasteiger partial charge in [-0.1, -0.05) is 6.07 Å². The van der Waals surface area contributed by atoms with Crippen LogP contribution in [0, 0.1) is 0 Å². The highest BCUT2D eigenvalue weighted by atomic mass is 32.2. The number of benzene rings is 2. The van der Waals surface area contributed by atoms with Crippen LogP contribution in [0.2, 0.25) is 0 Å². The normalized spacial score (nSPS) is 16.0. The Morgan fingerprint density at radius 2 is 1.74 bits per heavy atom. The van der Waals surface area contributed by atoms with E-state index in [-0.39, 0.29) is 18.2 Å². The summed E-state index contributed by atoms with van der Waals surface area (Å²) in [5, 5.41) is 18.6. The van der Waals surface area contributed by atoms with Crippen molar-refractivity contribution < 1.29 is 28.5 Å². The highest BCUT2D eigenvalue weighted by Crippen LogP contribution is 2.35. The largest absolute Gasteiger partial charge is 0.504 e. The summed E-state index contributed by atoms with van der Waals surface area (Å²) in [6.45, 7) is 0.212.